The fourth-order valence-corrected chi connectivity index (χ4v) is 1.42. The molecule has 0 saturated heterocycles. The van der Waals surface area contributed by atoms with Crippen molar-refractivity contribution in [2.45, 2.75) is 12.8 Å². The first-order chi connectivity index (χ1) is 6.58. The largest absolute Gasteiger partial charge is 0.481 e. The Morgan fingerprint density at radius 1 is 1.50 bits per heavy atom. The third-order valence-electron chi connectivity index (χ3n) is 1.74. The fourth-order valence-electron chi connectivity index (χ4n) is 1.21. The summed E-state index contributed by atoms with van der Waals surface area (Å²) in [7, 11) is 0. The summed E-state index contributed by atoms with van der Waals surface area (Å²) in [6.45, 7) is 3.70. The predicted molar refractivity (Wildman–Crippen MR) is 56.5 cm³/mol. The Bertz CT molecular complexity index is 358. The first-order valence-corrected chi connectivity index (χ1v) is 4.58. The van der Waals surface area contributed by atoms with Crippen LogP contribution in [0.15, 0.2) is 36.4 Å². The molecule has 0 aliphatic heterocycles. The topological polar surface area (TPSA) is 37.3 Å². The average Bonchev–Trinajstić information content (AvgIpc) is 2.01. The number of carboxylic acid groups (broad SMARTS) is 1. The maximum atomic E-state index is 10.4. The molecule has 0 aliphatic carbocycles. The standard InChI is InChI=1S/C11H11ClO2/c1-8(6-11(13)14)5-9-3-2-4-10(12)7-9/h2-4,7H,1,5-6H2,(H,13,14). The van der Waals surface area contributed by atoms with E-state index in [1.807, 2.05) is 18.2 Å². The molecule has 0 atom stereocenters. The zero-order valence-corrected chi connectivity index (χ0v) is 8.42. The molecule has 0 radical (unpaired) electrons. The molecule has 14 heavy (non-hydrogen) atoms. The van der Waals surface area contributed by atoms with E-state index in [2.05, 4.69) is 6.58 Å². The summed E-state index contributed by atoms with van der Waals surface area (Å²) in [4.78, 5) is 10.4. The molecule has 0 aliphatic rings. The van der Waals surface area contributed by atoms with Gasteiger partial charge in [-0.25, -0.2) is 0 Å². The lowest BCUT2D eigenvalue weighted by molar-refractivity contribution is -0.136. The molecule has 0 heterocycles. The van der Waals surface area contributed by atoms with E-state index in [0.717, 1.165) is 5.56 Å². The highest BCUT2D eigenvalue weighted by atomic mass is 35.5. The Balaban J connectivity index is 2.60. The van der Waals surface area contributed by atoms with Crippen LogP contribution in [0.1, 0.15) is 12.0 Å². The zero-order valence-electron chi connectivity index (χ0n) is 7.66. The molecule has 0 unspecified atom stereocenters. The number of aliphatic carboxylic acids is 1. The lowest BCUT2D eigenvalue weighted by atomic mass is 10.0. The summed E-state index contributed by atoms with van der Waals surface area (Å²) in [5.74, 6) is -0.850. The second-order valence-corrected chi connectivity index (χ2v) is 3.56. The summed E-state index contributed by atoms with van der Waals surface area (Å²) in [5, 5.41) is 9.19. The van der Waals surface area contributed by atoms with Gasteiger partial charge in [-0.15, -0.1) is 0 Å². The van der Waals surface area contributed by atoms with Crippen LogP contribution in [-0.4, -0.2) is 11.1 Å². The number of halogens is 1. The highest BCUT2D eigenvalue weighted by Crippen LogP contribution is 2.14. The van der Waals surface area contributed by atoms with E-state index in [1.165, 1.54) is 0 Å². The van der Waals surface area contributed by atoms with Crippen LogP contribution < -0.4 is 0 Å². The Labute approximate surface area is 87.8 Å². The number of carbonyl (C=O) groups is 1. The molecule has 0 aromatic heterocycles. The van der Waals surface area contributed by atoms with E-state index in [-0.39, 0.29) is 6.42 Å². The van der Waals surface area contributed by atoms with Crippen molar-refractivity contribution in [1.82, 2.24) is 0 Å². The lowest BCUT2D eigenvalue weighted by Gasteiger charge is -2.03. The van der Waals surface area contributed by atoms with Crippen molar-refractivity contribution in [3.8, 4) is 0 Å². The quantitative estimate of drug-likeness (QED) is 0.776. The molecule has 1 N–H and O–H groups in total. The number of rotatable bonds is 4. The molecule has 0 spiro atoms. The lowest BCUT2D eigenvalue weighted by Crippen LogP contribution is -1.98. The van der Waals surface area contributed by atoms with Gasteiger partial charge in [-0.2, -0.15) is 0 Å². The van der Waals surface area contributed by atoms with E-state index in [1.54, 1.807) is 6.07 Å². The first-order valence-electron chi connectivity index (χ1n) is 4.21. The third-order valence-corrected chi connectivity index (χ3v) is 1.98. The van der Waals surface area contributed by atoms with Gasteiger partial charge in [0, 0.05) is 5.02 Å². The zero-order chi connectivity index (χ0) is 10.6. The normalized spacial score (nSPS) is 9.79. The first kappa shape index (κ1) is 10.8. The van der Waals surface area contributed by atoms with Crippen LogP contribution >= 0.6 is 11.6 Å². The highest BCUT2D eigenvalue weighted by Gasteiger charge is 2.02. The fraction of sp³-hybridized carbons (Fsp3) is 0.182. The average molecular weight is 211 g/mol. The molecule has 1 aromatic rings. The summed E-state index contributed by atoms with van der Waals surface area (Å²) in [5.41, 5.74) is 1.67. The van der Waals surface area contributed by atoms with Gasteiger partial charge in [0.05, 0.1) is 6.42 Å². The monoisotopic (exact) mass is 210 g/mol. The highest BCUT2D eigenvalue weighted by molar-refractivity contribution is 6.30. The van der Waals surface area contributed by atoms with Gasteiger partial charge in [0.2, 0.25) is 0 Å². The van der Waals surface area contributed by atoms with Crippen LogP contribution in [-0.2, 0) is 11.2 Å². The molecule has 0 fully saturated rings. The molecular weight excluding hydrogens is 200 g/mol. The van der Waals surface area contributed by atoms with Crippen LogP contribution in [0.3, 0.4) is 0 Å². The van der Waals surface area contributed by atoms with Crippen LogP contribution in [0, 0.1) is 0 Å². The Morgan fingerprint density at radius 3 is 2.79 bits per heavy atom. The Kier molecular flexibility index (Phi) is 3.72. The van der Waals surface area contributed by atoms with Gasteiger partial charge < -0.3 is 5.11 Å². The molecule has 1 aromatic carbocycles. The van der Waals surface area contributed by atoms with Gasteiger partial charge in [0.25, 0.3) is 0 Å². The van der Waals surface area contributed by atoms with Crippen molar-refractivity contribution in [2.75, 3.05) is 0 Å². The van der Waals surface area contributed by atoms with E-state index in [4.69, 9.17) is 16.7 Å². The van der Waals surface area contributed by atoms with E-state index < -0.39 is 5.97 Å². The minimum absolute atomic E-state index is 0.00646. The van der Waals surface area contributed by atoms with Gasteiger partial charge in [-0.05, 0) is 24.1 Å². The van der Waals surface area contributed by atoms with Gasteiger partial charge in [-0.3, -0.25) is 4.79 Å². The van der Waals surface area contributed by atoms with Gasteiger partial charge in [0.1, 0.15) is 0 Å². The molecule has 0 amide bonds. The molecule has 3 heteroatoms. The SMILES string of the molecule is C=C(CC(=O)O)Cc1cccc(Cl)c1. The molecule has 74 valence electrons. The molecule has 2 nitrogen and oxygen atoms in total. The van der Waals surface area contributed by atoms with Crippen molar-refractivity contribution in [1.29, 1.82) is 0 Å². The van der Waals surface area contributed by atoms with Gasteiger partial charge >= 0.3 is 5.97 Å². The maximum absolute atomic E-state index is 10.4. The number of carboxylic acids is 1. The Morgan fingerprint density at radius 2 is 2.21 bits per heavy atom. The summed E-state index contributed by atoms with van der Waals surface area (Å²) >= 11 is 5.79. The van der Waals surface area contributed by atoms with Gasteiger partial charge in [0.15, 0.2) is 0 Å². The van der Waals surface area contributed by atoms with E-state index in [9.17, 15) is 4.79 Å². The number of benzene rings is 1. The van der Waals surface area contributed by atoms with Crippen LogP contribution in [0.4, 0.5) is 0 Å². The minimum atomic E-state index is -0.850. The number of hydrogen-bond acceptors (Lipinski definition) is 1. The van der Waals surface area contributed by atoms with E-state index >= 15 is 0 Å². The van der Waals surface area contributed by atoms with Crippen molar-refractivity contribution in [2.24, 2.45) is 0 Å². The second kappa shape index (κ2) is 4.82. The van der Waals surface area contributed by atoms with Crippen LogP contribution in [0.2, 0.25) is 5.02 Å². The molecule has 0 bridgehead atoms. The molecular formula is C11H11ClO2. The maximum Gasteiger partial charge on any atom is 0.307 e. The van der Waals surface area contributed by atoms with E-state index in [0.29, 0.717) is 17.0 Å². The Hall–Kier alpha value is -1.28. The second-order valence-electron chi connectivity index (χ2n) is 3.13. The molecule has 1 rings (SSSR count). The van der Waals surface area contributed by atoms with Crippen LogP contribution in [0.5, 0.6) is 0 Å². The molecule has 0 saturated carbocycles. The minimum Gasteiger partial charge on any atom is -0.481 e. The summed E-state index contributed by atoms with van der Waals surface area (Å²) in [6.07, 6.45) is 0.569. The van der Waals surface area contributed by atoms with Gasteiger partial charge in [-0.1, -0.05) is 35.9 Å². The smallest absolute Gasteiger partial charge is 0.307 e. The van der Waals surface area contributed by atoms with Crippen molar-refractivity contribution in [3.05, 3.63) is 47.0 Å². The number of hydrogen-bond donors (Lipinski definition) is 1. The third kappa shape index (κ3) is 3.62. The summed E-state index contributed by atoms with van der Waals surface area (Å²) < 4.78 is 0. The van der Waals surface area contributed by atoms with Crippen molar-refractivity contribution >= 4 is 17.6 Å². The van der Waals surface area contributed by atoms with Crippen LogP contribution in [0.25, 0.3) is 0 Å². The van der Waals surface area contributed by atoms with Crippen molar-refractivity contribution in [3.63, 3.8) is 0 Å². The predicted octanol–water partition coefficient (Wildman–Crippen LogP) is 2.91. The summed E-state index contributed by atoms with van der Waals surface area (Å²) in [6, 6.07) is 7.34. The van der Waals surface area contributed by atoms with Crippen molar-refractivity contribution < 1.29 is 9.90 Å².